The largest absolute Gasteiger partial charge is 0.480 e. The first-order valence-electron chi connectivity index (χ1n) is 6.33. The van der Waals surface area contributed by atoms with Crippen LogP contribution in [0.2, 0.25) is 0 Å². The Balaban J connectivity index is 2.01. The van der Waals surface area contributed by atoms with Gasteiger partial charge in [-0.3, -0.25) is 4.79 Å². The lowest BCUT2D eigenvalue weighted by atomic mass is 10.2. The Morgan fingerprint density at radius 3 is 2.89 bits per heavy atom. The molecular weight excluding hydrogens is 264 g/mol. The summed E-state index contributed by atoms with van der Waals surface area (Å²) in [6.07, 6.45) is 6.41. The van der Waals surface area contributed by atoms with Gasteiger partial charge in [0.25, 0.3) is 5.91 Å². The topological polar surface area (TPSA) is 71.3 Å². The van der Waals surface area contributed by atoms with Crippen molar-refractivity contribution < 1.29 is 14.7 Å². The molecule has 0 radical (unpaired) electrons. The Kier molecular flexibility index (Phi) is 4.52. The molecule has 1 unspecified atom stereocenters. The minimum Gasteiger partial charge on any atom is -0.480 e. The van der Waals surface area contributed by atoms with Crippen molar-refractivity contribution in [2.75, 3.05) is 12.0 Å². The molecule has 0 aromatic carbocycles. The second-order valence-corrected chi connectivity index (χ2v) is 5.66. The van der Waals surface area contributed by atoms with Crippen LogP contribution in [-0.2, 0) is 4.79 Å². The van der Waals surface area contributed by atoms with Crippen LogP contribution in [0.3, 0.4) is 0 Å². The highest BCUT2D eigenvalue weighted by Crippen LogP contribution is 2.35. The molecule has 0 spiro atoms. The quantitative estimate of drug-likeness (QED) is 0.799. The molecule has 2 N–H and O–H groups in total. The molecule has 104 valence electrons. The molecule has 6 heteroatoms. The number of thioether (sulfide) groups is 1. The van der Waals surface area contributed by atoms with Crippen LogP contribution in [0, 0.1) is 0 Å². The number of hydrogen-bond donors (Lipinski definition) is 2. The summed E-state index contributed by atoms with van der Waals surface area (Å²) in [5.74, 6) is -0.571. The molecule has 1 amide bonds. The standard InChI is InChI=1S/C13H18N2O3S/c1-19-8-6-10(13(17)18)14-12(16)11-3-2-7-15(11)9-4-5-9/h2-3,7,9-10H,4-6,8H2,1H3,(H,14,16)(H,17,18). The van der Waals surface area contributed by atoms with Gasteiger partial charge in [-0.25, -0.2) is 4.79 Å². The van der Waals surface area contributed by atoms with Gasteiger partial charge in [0.05, 0.1) is 0 Å². The van der Waals surface area contributed by atoms with Crippen LogP contribution in [0.1, 0.15) is 35.8 Å². The van der Waals surface area contributed by atoms with E-state index in [2.05, 4.69) is 5.32 Å². The van der Waals surface area contributed by atoms with Crippen molar-refractivity contribution in [3.05, 3.63) is 24.0 Å². The average molecular weight is 282 g/mol. The van der Waals surface area contributed by atoms with Crippen LogP contribution < -0.4 is 5.32 Å². The first kappa shape index (κ1) is 14.0. The Bertz CT molecular complexity index is 468. The van der Waals surface area contributed by atoms with Crippen molar-refractivity contribution in [2.24, 2.45) is 0 Å². The van der Waals surface area contributed by atoms with Gasteiger partial charge >= 0.3 is 5.97 Å². The Labute approximate surface area is 116 Å². The van der Waals surface area contributed by atoms with Crippen molar-refractivity contribution in [3.63, 3.8) is 0 Å². The van der Waals surface area contributed by atoms with Crippen molar-refractivity contribution >= 4 is 23.6 Å². The molecule has 1 fully saturated rings. The van der Waals surface area contributed by atoms with Crippen LogP contribution in [0.4, 0.5) is 0 Å². The van der Waals surface area contributed by atoms with E-state index in [1.807, 2.05) is 23.1 Å². The molecule has 1 aromatic heterocycles. The summed E-state index contributed by atoms with van der Waals surface area (Å²) in [4.78, 5) is 23.2. The first-order chi connectivity index (χ1) is 9.13. The number of aliphatic carboxylic acids is 1. The first-order valence-corrected chi connectivity index (χ1v) is 7.72. The maximum absolute atomic E-state index is 12.1. The molecule has 19 heavy (non-hydrogen) atoms. The molecule has 5 nitrogen and oxygen atoms in total. The van der Waals surface area contributed by atoms with Gasteiger partial charge in [0.1, 0.15) is 11.7 Å². The summed E-state index contributed by atoms with van der Waals surface area (Å²) in [6, 6.07) is 3.15. The third-order valence-corrected chi connectivity index (χ3v) is 3.81. The van der Waals surface area contributed by atoms with E-state index in [1.54, 1.807) is 17.8 Å². The van der Waals surface area contributed by atoms with E-state index in [0.29, 0.717) is 23.9 Å². The average Bonchev–Trinajstić information content (AvgIpc) is 3.11. The zero-order chi connectivity index (χ0) is 13.8. The second kappa shape index (κ2) is 6.14. The van der Waals surface area contributed by atoms with Crippen molar-refractivity contribution in [3.8, 4) is 0 Å². The summed E-state index contributed by atoms with van der Waals surface area (Å²) in [5.41, 5.74) is 0.554. The van der Waals surface area contributed by atoms with Crippen LogP contribution in [0.15, 0.2) is 18.3 Å². The third-order valence-electron chi connectivity index (χ3n) is 3.17. The normalized spacial score (nSPS) is 16.1. The number of carbonyl (C=O) groups excluding carboxylic acids is 1. The summed E-state index contributed by atoms with van der Waals surface area (Å²) >= 11 is 1.57. The molecule has 0 bridgehead atoms. The lowest BCUT2D eigenvalue weighted by Crippen LogP contribution is -2.41. The summed E-state index contributed by atoms with van der Waals surface area (Å²) in [5, 5.41) is 11.7. The van der Waals surface area contributed by atoms with Gasteiger partial charge in [0, 0.05) is 12.2 Å². The van der Waals surface area contributed by atoms with Gasteiger partial charge in [-0.1, -0.05) is 0 Å². The van der Waals surface area contributed by atoms with Crippen LogP contribution in [-0.4, -0.2) is 39.6 Å². The molecule has 2 rings (SSSR count). The van der Waals surface area contributed by atoms with Crippen molar-refractivity contribution in [1.29, 1.82) is 0 Å². The van der Waals surface area contributed by atoms with E-state index in [4.69, 9.17) is 5.11 Å². The summed E-state index contributed by atoms with van der Waals surface area (Å²) in [7, 11) is 0. The lowest BCUT2D eigenvalue weighted by molar-refractivity contribution is -0.139. The maximum atomic E-state index is 12.1. The van der Waals surface area contributed by atoms with Gasteiger partial charge < -0.3 is 15.0 Å². The van der Waals surface area contributed by atoms with Crippen molar-refractivity contribution in [1.82, 2.24) is 9.88 Å². The van der Waals surface area contributed by atoms with Crippen molar-refractivity contribution in [2.45, 2.75) is 31.3 Å². The third kappa shape index (κ3) is 3.53. The minimum absolute atomic E-state index is 0.301. The molecule has 1 heterocycles. The SMILES string of the molecule is CSCCC(NC(=O)c1cccn1C1CC1)C(=O)O. The number of amides is 1. The molecule has 1 atom stereocenters. The lowest BCUT2D eigenvalue weighted by Gasteiger charge is -2.15. The van der Waals surface area contributed by atoms with Gasteiger partial charge in [-0.2, -0.15) is 11.8 Å². The van der Waals surface area contributed by atoms with E-state index in [-0.39, 0.29) is 5.91 Å². The zero-order valence-corrected chi connectivity index (χ0v) is 11.7. The van der Waals surface area contributed by atoms with Gasteiger partial charge in [0.2, 0.25) is 0 Å². The second-order valence-electron chi connectivity index (χ2n) is 4.68. The minimum atomic E-state index is -0.980. The van der Waals surface area contributed by atoms with Crippen LogP contribution in [0.5, 0.6) is 0 Å². The molecule has 1 saturated carbocycles. The van der Waals surface area contributed by atoms with E-state index < -0.39 is 12.0 Å². The van der Waals surface area contributed by atoms with E-state index in [0.717, 1.165) is 12.8 Å². The van der Waals surface area contributed by atoms with Crippen LogP contribution >= 0.6 is 11.8 Å². The van der Waals surface area contributed by atoms with E-state index in [1.165, 1.54) is 0 Å². The predicted octanol–water partition coefficient (Wildman–Crippen LogP) is 1.76. The van der Waals surface area contributed by atoms with Crippen LogP contribution in [0.25, 0.3) is 0 Å². The number of carbonyl (C=O) groups is 2. The highest BCUT2D eigenvalue weighted by atomic mass is 32.2. The Morgan fingerprint density at radius 2 is 2.32 bits per heavy atom. The molecular formula is C13H18N2O3S. The zero-order valence-electron chi connectivity index (χ0n) is 10.8. The van der Waals surface area contributed by atoms with Gasteiger partial charge in [-0.15, -0.1) is 0 Å². The van der Waals surface area contributed by atoms with Gasteiger partial charge in [0.15, 0.2) is 0 Å². The number of nitrogens with one attached hydrogen (secondary N) is 1. The smallest absolute Gasteiger partial charge is 0.326 e. The fourth-order valence-electron chi connectivity index (χ4n) is 1.98. The summed E-state index contributed by atoms with van der Waals surface area (Å²) < 4.78 is 1.93. The highest BCUT2D eigenvalue weighted by Gasteiger charge is 2.28. The van der Waals surface area contributed by atoms with E-state index in [9.17, 15) is 9.59 Å². The number of hydrogen-bond acceptors (Lipinski definition) is 3. The number of carboxylic acid groups (broad SMARTS) is 1. The molecule has 1 aliphatic rings. The van der Waals surface area contributed by atoms with E-state index >= 15 is 0 Å². The Hall–Kier alpha value is -1.43. The Morgan fingerprint density at radius 1 is 1.58 bits per heavy atom. The monoisotopic (exact) mass is 282 g/mol. The number of rotatable bonds is 7. The molecule has 0 aliphatic heterocycles. The number of aromatic nitrogens is 1. The summed E-state index contributed by atoms with van der Waals surface area (Å²) in [6.45, 7) is 0. The molecule has 1 aromatic rings. The predicted molar refractivity (Wildman–Crippen MR) is 74.6 cm³/mol. The number of nitrogens with zero attached hydrogens (tertiary/aromatic N) is 1. The molecule has 0 saturated heterocycles. The molecule has 1 aliphatic carbocycles. The number of carboxylic acids is 1. The van der Waals surface area contributed by atoms with Gasteiger partial charge in [-0.05, 0) is 43.4 Å². The highest BCUT2D eigenvalue weighted by molar-refractivity contribution is 7.98. The maximum Gasteiger partial charge on any atom is 0.326 e. The fraction of sp³-hybridized carbons (Fsp3) is 0.538. The fourth-order valence-corrected chi connectivity index (χ4v) is 2.45.